The number of carbonyl (C=O) groups is 2. The monoisotopic (exact) mass is 457 g/mol. The summed E-state index contributed by atoms with van der Waals surface area (Å²) in [6.45, 7) is 1.64. The van der Waals surface area contributed by atoms with Crippen LogP contribution in [-0.2, 0) is 26.0 Å². The number of sulfonamides is 1. The zero-order valence-corrected chi connectivity index (χ0v) is 19.2. The molecule has 1 heterocycles. The molecule has 0 spiro atoms. The summed E-state index contributed by atoms with van der Waals surface area (Å²) in [4.78, 5) is 27.0. The Labute approximate surface area is 188 Å². The zero-order valence-electron chi connectivity index (χ0n) is 18.4. The quantitative estimate of drug-likeness (QED) is 0.690. The van der Waals surface area contributed by atoms with Crippen molar-refractivity contribution in [3.05, 3.63) is 48.0 Å². The summed E-state index contributed by atoms with van der Waals surface area (Å²) in [5, 5.41) is 2.68. The Morgan fingerprint density at radius 1 is 1.19 bits per heavy atom. The van der Waals surface area contributed by atoms with Crippen molar-refractivity contribution in [3.63, 3.8) is 0 Å². The standard InChI is InChI=1S/C23H27N3O5S/c1-15-11-17-12-20(9-10-21(17)26(15)23(28)16-7-8-16)32(29,30)25(2)14-22(27)24-18-5-4-6-19(13-18)31-3/h4-6,9-10,12-13,15-16H,7-8,11,14H2,1-3H3,(H,24,27). The average molecular weight is 458 g/mol. The van der Waals surface area contributed by atoms with Gasteiger partial charge < -0.3 is 15.0 Å². The number of hydrogen-bond donors (Lipinski definition) is 1. The molecule has 9 heteroatoms. The van der Waals surface area contributed by atoms with E-state index in [1.54, 1.807) is 41.3 Å². The molecule has 0 radical (unpaired) electrons. The number of benzene rings is 2. The number of fused-ring (bicyclic) bond motifs is 1. The van der Waals surface area contributed by atoms with Crippen molar-refractivity contribution in [1.29, 1.82) is 0 Å². The maximum atomic E-state index is 13.1. The molecule has 0 aromatic heterocycles. The van der Waals surface area contributed by atoms with Crippen molar-refractivity contribution in [1.82, 2.24) is 4.31 Å². The van der Waals surface area contributed by atoms with E-state index in [0.717, 1.165) is 28.4 Å². The molecule has 2 aromatic rings. The summed E-state index contributed by atoms with van der Waals surface area (Å²) in [5.41, 5.74) is 2.14. The Hall–Kier alpha value is -2.91. The molecule has 0 saturated heterocycles. The van der Waals surface area contributed by atoms with Crippen LogP contribution in [-0.4, -0.2) is 51.3 Å². The maximum Gasteiger partial charge on any atom is 0.243 e. The summed E-state index contributed by atoms with van der Waals surface area (Å²) >= 11 is 0. The third-order valence-electron chi connectivity index (χ3n) is 5.86. The van der Waals surface area contributed by atoms with Crippen LogP contribution in [0, 0.1) is 5.92 Å². The molecule has 8 nitrogen and oxygen atoms in total. The molecule has 32 heavy (non-hydrogen) atoms. The maximum absolute atomic E-state index is 13.1. The van der Waals surface area contributed by atoms with Crippen LogP contribution in [0.4, 0.5) is 11.4 Å². The summed E-state index contributed by atoms with van der Waals surface area (Å²) in [7, 11) is -0.974. The predicted octanol–water partition coefficient (Wildman–Crippen LogP) is 2.64. The second-order valence-corrected chi connectivity index (χ2v) is 10.4. The summed E-state index contributed by atoms with van der Waals surface area (Å²) in [5.74, 6) is 0.352. The topological polar surface area (TPSA) is 96.0 Å². The van der Waals surface area contributed by atoms with Crippen molar-refractivity contribution in [2.75, 3.05) is 30.9 Å². The molecule has 1 N–H and O–H groups in total. The van der Waals surface area contributed by atoms with Gasteiger partial charge in [0.15, 0.2) is 0 Å². The van der Waals surface area contributed by atoms with E-state index in [4.69, 9.17) is 4.74 Å². The molecule has 1 saturated carbocycles. The smallest absolute Gasteiger partial charge is 0.243 e. The first-order valence-corrected chi connectivity index (χ1v) is 12.0. The molecular formula is C23H27N3O5S. The molecule has 2 aliphatic rings. The van der Waals surface area contributed by atoms with E-state index in [-0.39, 0.29) is 29.3 Å². The van der Waals surface area contributed by atoms with Gasteiger partial charge in [0.25, 0.3) is 0 Å². The Balaban J connectivity index is 1.47. The number of methoxy groups -OCH3 is 1. The van der Waals surface area contributed by atoms with Gasteiger partial charge in [-0.3, -0.25) is 9.59 Å². The van der Waals surface area contributed by atoms with Crippen LogP contribution in [0.2, 0.25) is 0 Å². The van der Waals surface area contributed by atoms with Gasteiger partial charge in [-0.05, 0) is 62.1 Å². The van der Waals surface area contributed by atoms with E-state index < -0.39 is 15.9 Å². The summed E-state index contributed by atoms with van der Waals surface area (Å²) < 4.78 is 32.3. The minimum atomic E-state index is -3.88. The fourth-order valence-electron chi connectivity index (χ4n) is 4.00. The number of nitrogens with zero attached hydrogens (tertiary/aromatic N) is 2. The molecule has 1 aliphatic heterocycles. The van der Waals surface area contributed by atoms with E-state index in [0.29, 0.717) is 17.9 Å². The SMILES string of the molecule is COc1cccc(NC(=O)CN(C)S(=O)(=O)c2ccc3c(c2)CC(C)N3C(=O)C2CC2)c1. The number of anilines is 2. The predicted molar refractivity (Wildman–Crippen MR) is 121 cm³/mol. The number of amides is 2. The highest BCUT2D eigenvalue weighted by atomic mass is 32.2. The zero-order chi connectivity index (χ0) is 23.0. The Morgan fingerprint density at radius 3 is 2.62 bits per heavy atom. The second-order valence-electron chi connectivity index (χ2n) is 8.37. The van der Waals surface area contributed by atoms with E-state index in [1.807, 2.05) is 6.92 Å². The van der Waals surface area contributed by atoms with E-state index in [2.05, 4.69) is 5.32 Å². The van der Waals surface area contributed by atoms with Gasteiger partial charge in [-0.2, -0.15) is 4.31 Å². The number of likely N-dealkylation sites (N-methyl/N-ethyl adjacent to an activating group) is 1. The fourth-order valence-corrected chi connectivity index (χ4v) is 5.18. The third kappa shape index (κ3) is 4.35. The van der Waals surface area contributed by atoms with Gasteiger partial charge in [0.1, 0.15) is 5.75 Å². The van der Waals surface area contributed by atoms with Gasteiger partial charge in [-0.15, -0.1) is 0 Å². The Morgan fingerprint density at radius 2 is 1.94 bits per heavy atom. The largest absolute Gasteiger partial charge is 0.497 e. The van der Waals surface area contributed by atoms with Crippen molar-refractivity contribution in [3.8, 4) is 5.75 Å². The second kappa shape index (κ2) is 8.55. The van der Waals surface area contributed by atoms with Crippen LogP contribution in [0.3, 0.4) is 0 Å². The molecular weight excluding hydrogens is 430 g/mol. The highest BCUT2D eigenvalue weighted by molar-refractivity contribution is 7.89. The minimum Gasteiger partial charge on any atom is -0.497 e. The Bertz CT molecular complexity index is 1160. The van der Waals surface area contributed by atoms with Gasteiger partial charge in [0.2, 0.25) is 21.8 Å². The summed E-state index contributed by atoms with van der Waals surface area (Å²) in [6, 6.07) is 11.7. The molecule has 1 unspecified atom stereocenters. The number of carbonyl (C=O) groups excluding carboxylic acids is 2. The number of hydrogen-bond acceptors (Lipinski definition) is 5. The first-order chi connectivity index (χ1) is 15.2. The van der Waals surface area contributed by atoms with E-state index >= 15 is 0 Å². The summed E-state index contributed by atoms with van der Waals surface area (Å²) in [6.07, 6.45) is 2.45. The van der Waals surface area contributed by atoms with E-state index in [1.165, 1.54) is 20.2 Å². The molecule has 1 aliphatic carbocycles. The normalized spacial score (nSPS) is 17.9. The first-order valence-electron chi connectivity index (χ1n) is 10.6. The Kier molecular flexibility index (Phi) is 5.96. The highest BCUT2D eigenvalue weighted by Gasteiger charge is 2.40. The molecule has 1 fully saturated rings. The molecule has 170 valence electrons. The first kappa shape index (κ1) is 22.3. The van der Waals surface area contributed by atoms with Crippen molar-refractivity contribution in [2.24, 2.45) is 5.92 Å². The van der Waals surface area contributed by atoms with E-state index in [9.17, 15) is 18.0 Å². The van der Waals surface area contributed by atoms with Gasteiger partial charge in [-0.25, -0.2) is 8.42 Å². The molecule has 1 atom stereocenters. The van der Waals surface area contributed by atoms with Crippen LogP contribution in [0.5, 0.6) is 5.75 Å². The average Bonchev–Trinajstić information content (AvgIpc) is 3.55. The van der Waals surface area contributed by atoms with Crippen LogP contribution < -0.4 is 15.0 Å². The van der Waals surface area contributed by atoms with Gasteiger partial charge in [0, 0.05) is 36.4 Å². The molecule has 2 aromatic carbocycles. The lowest BCUT2D eigenvalue weighted by atomic mass is 10.1. The number of rotatable bonds is 7. The lowest BCUT2D eigenvalue weighted by molar-refractivity contribution is -0.120. The van der Waals surface area contributed by atoms with Crippen LogP contribution >= 0.6 is 0 Å². The number of nitrogens with one attached hydrogen (secondary N) is 1. The molecule has 4 rings (SSSR count). The molecule has 0 bridgehead atoms. The lowest BCUT2D eigenvalue weighted by Gasteiger charge is -2.23. The van der Waals surface area contributed by atoms with Crippen molar-refractivity contribution >= 4 is 33.2 Å². The number of ether oxygens (including phenoxy) is 1. The van der Waals surface area contributed by atoms with Crippen molar-refractivity contribution in [2.45, 2.75) is 37.1 Å². The highest BCUT2D eigenvalue weighted by Crippen LogP contribution is 2.39. The van der Waals surface area contributed by atoms with Gasteiger partial charge >= 0.3 is 0 Å². The van der Waals surface area contributed by atoms with Crippen LogP contribution in [0.25, 0.3) is 0 Å². The van der Waals surface area contributed by atoms with Crippen LogP contribution in [0.15, 0.2) is 47.4 Å². The van der Waals surface area contributed by atoms with Gasteiger partial charge in [-0.1, -0.05) is 6.07 Å². The van der Waals surface area contributed by atoms with Crippen LogP contribution in [0.1, 0.15) is 25.3 Å². The third-order valence-corrected chi connectivity index (χ3v) is 7.66. The lowest BCUT2D eigenvalue weighted by Crippen LogP contribution is -2.36. The molecule has 2 amide bonds. The minimum absolute atomic E-state index is 0.00225. The van der Waals surface area contributed by atoms with Crippen molar-refractivity contribution < 1.29 is 22.7 Å². The fraction of sp³-hybridized carbons (Fsp3) is 0.391. The van der Waals surface area contributed by atoms with Gasteiger partial charge in [0.05, 0.1) is 18.6 Å².